The van der Waals surface area contributed by atoms with Crippen LogP contribution in [0.1, 0.15) is 72.7 Å². The second kappa shape index (κ2) is 4.75. The summed E-state index contributed by atoms with van der Waals surface area (Å²) in [5, 5.41) is 13.7. The third-order valence-electron chi connectivity index (χ3n) is 4.33. The van der Waals surface area contributed by atoms with Gasteiger partial charge in [0.2, 0.25) is 0 Å². The van der Waals surface area contributed by atoms with Crippen molar-refractivity contribution in [3.63, 3.8) is 0 Å². The van der Waals surface area contributed by atoms with E-state index < -0.39 is 5.97 Å². The molecule has 2 aliphatic rings. The average molecular weight is 248 g/mol. The third kappa shape index (κ3) is 1.93. The van der Waals surface area contributed by atoms with Gasteiger partial charge in [0.05, 0.1) is 6.04 Å². The fourth-order valence-corrected chi connectivity index (χ4v) is 3.43. The Bertz CT molecular complexity index is 459. The Hall–Kier alpha value is -1.32. The number of hydrogen-bond acceptors (Lipinski definition) is 2. The van der Waals surface area contributed by atoms with Gasteiger partial charge in [0.15, 0.2) is 5.69 Å². The summed E-state index contributed by atoms with van der Waals surface area (Å²) in [6.45, 7) is 0. The molecule has 1 aromatic heterocycles. The van der Waals surface area contributed by atoms with Crippen molar-refractivity contribution in [1.29, 1.82) is 0 Å². The predicted octanol–water partition coefficient (Wildman–Crippen LogP) is 2.97. The van der Waals surface area contributed by atoms with E-state index in [1.807, 2.05) is 0 Å². The summed E-state index contributed by atoms with van der Waals surface area (Å²) >= 11 is 0. The lowest BCUT2D eigenvalue weighted by atomic mass is 10.1. The summed E-state index contributed by atoms with van der Waals surface area (Å²) in [4.78, 5) is 11.3. The van der Waals surface area contributed by atoms with Gasteiger partial charge in [-0.05, 0) is 38.5 Å². The van der Waals surface area contributed by atoms with Gasteiger partial charge in [-0.25, -0.2) is 4.79 Å². The molecule has 0 aromatic carbocycles. The van der Waals surface area contributed by atoms with Crippen molar-refractivity contribution >= 4 is 5.97 Å². The van der Waals surface area contributed by atoms with E-state index >= 15 is 0 Å². The molecule has 1 heterocycles. The maximum Gasteiger partial charge on any atom is 0.356 e. The number of rotatable bonds is 2. The van der Waals surface area contributed by atoms with E-state index in [9.17, 15) is 9.90 Å². The molecule has 4 heteroatoms. The normalized spacial score (nSPS) is 20.7. The molecule has 98 valence electrons. The number of carbonyl (C=O) groups is 1. The Labute approximate surface area is 107 Å². The van der Waals surface area contributed by atoms with Gasteiger partial charge >= 0.3 is 5.97 Å². The lowest BCUT2D eigenvalue weighted by molar-refractivity contribution is 0.0688. The molecule has 18 heavy (non-hydrogen) atoms. The molecule has 0 saturated heterocycles. The van der Waals surface area contributed by atoms with Gasteiger partial charge in [-0.2, -0.15) is 5.10 Å². The zero-order valence-corrected chi connectivity index (χ0v) is 10.7. The highest BCUT2D eigenvalue weighted by atomic mass is 16.4. The Morgan fingerprint density at radius 1 is 1.11 bits per heavy atom. The van der Waals surface area contributed by atoms with Gasteiger partial charge < -0.3 is 5.11 Å². The van der Waals surface area contributed by atoms with Crippen LogP contribution in [0.5, 0.6) is 0 Å². The maximum atomic E-state index is 11.3. The quantitative estimate of drug-likeness (QED) is 0.819. The van der Waals surface area contributed by atoms with Gasteiger partial charge in [0.1, 0.15) is 0 Å². The Kier molecular flexibility index (Phi) is 3.10. The number of hydrogen-bond donors (Lipinski definition) is 1. The van der Waals surface area contributed by atoms with Crippen molar-refractivity contribution in [2.45, 2.75) is 63.8 Å². The first kappa shape index (κ1) is 11.8. The van der Waals surface area contributed by atoms with E-state index in [1.165, 1.54) is 31.4 Å². The molecule has 1 saturated carbocycles. The molecule has 0 radical (unpaired) electrons. The summed E-state index contributed by atoms with van der Waals surface area (Å²) in [6, 6.07) is 0.449. The van der Waals surface area contributed by atoms with E-state index in [1.54, 1.807) is 0 Å². The van der Waals surface area contributed by atoms with E-state index in [2.05, 4.69) is 9.78 Å². The number of fused-ring (bicyclic) bond motifs is 1. The maximum absolute atomic E-state index is 11.3. The van der Waals surface area contributed by atoms with Crippen molar-refractivity contribution in [1.82, 2.24) is 9.78 Å². The average Bonchev–Trinajstić information content (AvgIpc) is 2.91. The van der Waals surface area contributed by atoms with Crippen LogP contribution in [0.15, 0.2) is 0 Å². The number of carboxylic acids is 1. The molecule has 0 spiro atoms. The molecule has 0 unspecified atom stereocenters. The van der Waals surface area contributed by atoms with Gasteiger partial charge in [-0.3, -0.25) is 4.68 Å². The highest BCUT2D eigenvalue weighted by Crippen LogP contribution is 2.33. The highest BCUT2D eigenvalue weighted by Gasteiger charge is 2.28. The zero-order valence-electron chi connectivity index (χ0n) is 10.7. The Morgan fingerprint density at radius 2 is 1.83 bits per heavy atom. The first-order valence-corrected chi connectivity index (χ1v) is 7.11. The summed E-state index contributed by atoms with van der Waals surface area (Å²) in [6.07, 6.45) is 10.2. The minimum absolute atomic E-state index is 0.318. The minimum Gasteiger partial charge on any atom is -0.476 e. The molecule has 0 amide bonds. The van der Waals surface area contributed by atoms with Crippen LogP contribution in [-0.4, -0.2) is 20.9 Å². The van der Waals surface area contributed by atoms with Crippen molar-refractivity contribution in [2.75, 3.05) is 0 Å². The zero-order chi connectivity index (χ0) is 12.5. The second-order valence-corrected chi connectivity index (χ2v) is 5.52. The van der Waals surface area contributed by atoms with Crippen LogP contribution in [0.3, 0.4) is 0 Å². The highest BCUT2D eigenvalue weighted by molar-refractivity contribution is 5.87. The molecule has 1 aromatic rings. The van der Waals surface area contributed by atoms with Crippen molar-refractivity contribution in [2.24, 2.45) is 0 Å². The van der Waals surface area contributed by atoms with Crippen LogP contribution >= 0.6 is 0 Å². The molecule has 1 N–H and O–H groups in total. The Balaban J connectivity index is 2.05. The molecular weight excluding hydrogens is 228 g/mol. The SMILES string of the molecule is O=C(O)c1nn(C2CCCC2)c2c1CCCCC2. The van der Waals surface area contributed by atoms with E-state index in [4.69, 9.17) is 0 Å². The van der Waals surface area contributed by atoms with Crippen molar-refractivity contribution in [3.8, 4) is 0 Å². The summed E-state index contributed by atoms with van der Waals surface area (Å²) in [5.41, 5.74) is 2.56. The third-order valence-corrected chi connectivity index (χ3v) is 4.33. The standard InChI is InChI=1S/C14H20N2O2/c17-14(18)13-11-8-2-1-3-9-12(11)16(15-13)10-6-4-5-7-10/h10H,1-9H2,(H,17,18). The smallest absolute Gasteiger partial charge is 0.356 e. The topological polar surface area (TPSA) is 55.1 Å². The minimum atomic E-state index is -0.857. The number of nitrogens with zero attached hydrogens (tertiary/aromatic N) is 2. The first-order chi connectivity index (χ1) is 8.77. The molecule has 1 fully saturated rings. The van der Waals surface area contributed by atoms with Crippen molar-refractivity contribution in [3.05, 3.63) is 17.0 Å². The van der Waals surface area contributed by atoms with Crippen LogP contribution in [0, 0.1) is 0 Å². The van der Waals surface area contributed by atoms with Crippen LogP contribution in [0.4, 0.5) is 0 Å². The second-order valence-electron chi connectivity index (χ2n) is 5.52. The van der Waals surface area contributed by atoms with Crippen LogP contribution < -0.4 is 0 Å². The van der Waals surface area contributed by atoms with E-state index in [0.717, 1.165) is 37.7 Å². The van der Waals surface area contributed by atoms with Gasteiger partial charge in [-0.15, -0.1) is 0 Å². The number of carboxylic acid groups (broad SMARTS) is 1. The molecule has 4 nitrogen and oxygen atoms in total. The van der Waals surface area contributed by atoms with Crippen LogP contribution in [0.2, 0.25) is 0 Å². The molecule has 0 aliphatic heterocycles. The largest absolute Gasteiger partial charge is 0.476 e. The predicted molar refractivity (Wildman–Crippen MR) is 68.0 cm³/mol. The monoisotopic (exact) mass is 248 g/mol. The van der Waals surface area contributed by atoms with Gasteiger partial charge in [-0.1, -0.05) is 19.3 Å². The first-order valence-electron chi connectivity index (χ1n) is 7.11. The summed E-state index contributed by atoms with van der Waals surface area (Å²) in [5.74, 6) is -0.857. The lowest BCUT2D eigenvalue weighted by Gasteiger charge is -2.14. The van der Waals surface area contributed by atoms with Crippen molar-refractivity contribution < 1.29 is 9.90 Å². The Morgan fingerprint density at radius 3 is 2.56 bits per heavy atom. The molecule has 2 aliphatic carbocycles. The molecule has 3 rings (SSSR count). The van der Waals surface area contributed by atoms with E-state index in [-0.39, 0.29) is 0 Å². The number of aromatic nitrogens is 2. The molecule has 0 atom stereocenters. The fourth-order valence-electron chi connectivity index (χ4n) is 3.43. The lowest BCUT2D eigenvalue weighted by Crippen LogP contribution is -2.11. The number of aromatic carboxylic acids is 1. The summed E-state index contributed by atoms with van der Waals surface area (Å²) < 4.78 is 2.07. The van der Waals surface area contributed by atoms with E-state index in [0.29, 0.717) is 11.7 Å². The van der Waals surface area contributed by atoms with Gasteiger partial charge in [0, 0.05) is 11.3 Å². The fraction of sp³-hybridized carbons (Fsp3) is 0.714. The van der Waals surface area contributed by atoms with Crippen LogP contribution in [-0.2, 0) is 12.8 Å². The summed E-state index contributed by atoms with van der Waals surface area (Å²) in [7, 11) is 0. The van der Waals surface area contributed by atoms with Gasteiger partial charge in [0.25, 0.3) is 0 Å². The molecule has 0 bridgehead atoms. The van der Waals surface area contributed by atoms with Crippen LogP contribution in [0.25, 0.3) is 0 Å². The molecular formula is C14H20N2O2.